The maximum Gasteiger partial charge on any atom is 0.255 e. The molecule has 4 rings (SSSR count). The normalized spacial score (nSPS) is 18.1. The molecule has 0 bridgehead atoms. The molecule has 0 atom stereocenters. The fraction of sp³-hybridized carbons (Fsp3) is 0.545. The van der Waals surface area contributed by atoms with Crippen molar-refractivity contribution >= 4 is 5.91 Å². The third-order valence-corrected chi connectivity index (χ3v) is 6.42. The number of aromatic nitrogens is 3. The summed E-state index contributed by atoms with van der Waals surface area (Å²) in [7, 11) is 1.65. The van der Waals surface area contributed by atoms with E-state index in [-0.39, 0.29) is 27.9 Å². The summed E-state index contributed by atoms with van der Waals surface area (Å²) in [5.74, 6) is 0.675. The summed E-state index contributed by atoms with van der Waals surface area (Å²) in [6.07, 6.45) is 4.86. The smallest absolute Gasteiger partial charge is 0.255 e. The molecule has 7 heteroatoms. The van der Waals surface area contributed by atoms with Gasteiger partial charge in [-0.15, -0.1) is 0 Å². The average molecular weight is 396 g/mol. The summed E-state index contributed by atoms with van der Waals surface area (Å²) in [4.78, 5) is 46.8. The second kappa shape index (κ2) is 6.68. The molecule has 0 radical (unpaired) electrons. The van der Waals surface area contributed by atoms with Crippen molar-refractivity contribution in [1.82, 2.24) is 19.4 Å². The van der Waals surface area contributed by atoms with Crippen LogP contribution in [0.2, 0.25) is 0 Å². The first-order valence-corrected chi connectivity index (χ1v) is 10.2. The van der Waals surface area contributed by atoms with Crippen molar-refractivity contribution < 1.29 is 4.79 Å². The van der Waals surface area contributed by atoms with Gasteiger partial charge >= 0.3 is 0 Å². The van der Waals surface area contributed by atoms with E-state index in [4.69, 9.17) is 4.98 Å². The number of hydrogen-bond acceptors (Lipinski definition) is 4. The second-order valence-corrected chi connectivity index (χ2v) is 9.43. The topological polar surface area (TPSA) is 88.1 Å². The lowest BCUT2D eigenvalue weighted by Gasteiger charge is -2.39. The third-order valence-electron chi connectivity index (χ3n) is 6.42. The number of nitrogens with one attached hydrogen (secondary N) is 1. The molecule has 29 heavy (non-hydrogen) atoms. The van der Waals surface area contributed by atoms with E-state index in [1.165, 1.54) is 10.6 Å². The predicted octanol–water partition coefficient (Wildman–Crippen LogP) is 1.89. The van der Waals surface area contributed by atoms with Gasteiger partial charge in [-0.2, -0.15) is 0 Å². The largest absolute Gasteiger partial charge is 0.339 e. The molecule has 1 fully saturated rings. The highest BCUT2D eigenvalue weighted by Crippen LogP contribution is 2.44. The Morgan fingerprint density at radius 2 is 1.83 bits per heavy atom. The number of fused-ring (bicyclic) bond motifs is 2. The lowest BCUT2D eigenvalue weighted by Crippen LogP contribution is -2.45. The molecule has 1 N–H and O–H groups in total. The van der Waals surface area contributed by atoms with Gasteiger partial charge < -0.3 is 14.5 Å². The first kappa shape index (κ1) is 19.6. The number of rotatable bonds is 1. The van der Waals surface area contributed by atoms with Crippen molar-refractivity contribution in [3.05, 3.63) is 61.7 Å². The van der Waals surface area contributed by atoms with Crippen LogP contribution in [-0.4, -0.2) is 38.4 Å². The summed E-state index contributed by atoms with van der Waals surface area (Å²) in [6.45, 7) is 7.40. The molecule has 1 saturated heterocycles. The number of H-pyrrole nitrogens is 1. The minimum absolute atomic E-state index is 0.0134. The highest BCUT2D eigenvalue weighted by atomic mass is 16.2. The first-order valence-electron chi connectivity index (χ1n) is 10.2. The Morgan fingerprint density at radius 1 is 1.14 bits per heavy atom. The van der Waals surface area contributed by atoms with E-state index in [2.05, 4.69) is 4.98 Å². The summed E-state index contributed by atoms with van der Waals surface area (Å²) in [5.41, 5.74) is 1.80. The van der Waals surface area contributed by atoms with Crippen molar-refractivity contribution in [2.45, 2.75) is 57.3 Å². The highest BCUT2D eigenvalue weighted by Gasteiger charge is 2.45. The Kier molecular flexibility index (Phi) is 4.52. The van der Waals surface area contributed by atoms with Crippen LogP contribution >= 0.6 is 0 Å². The molecule has 0 saturated carbocycles. The van der Waals surface area contributed by atoms with Crippen molar-refractivity contribution in [1.29, 1.82) is 0 Å². The van der Waals surface area contributed by atoms with Crippen LogP contribution in [0.15, 0.2) is 27.9 Å². The number of aryl methyl sites for hydroxylation is 1. The average Bonchev–Trinajstić information content (AvgIpc) is 3.02. The van der Waals surface area contributed by atoms with E-state index < -0.39 is 0 Å². The zero-order chi connectivity index (χ0) is 21.0. The maximum atomic E-state index is 12.9. The SMILES string of the molecule is Cn1cc(C(=O)N2CCC3(CCc4c3nc(C(C)(C)C)[nH]c4=O)CC2)ccc1=O. The molecule has 2 aromatic heterocycles. The molecule has 2 aromatic rings. The monoisotopic (exact) mass is 396 g/mol. The van der Waals surface area contributed by atoms with Gasteiger partial charge in [0, 0.05) is 48.8 Å². The molecule has 0 aromatic carbocycles. The van der Waals surface area contributed by atoms with Gasteiger partial charge in [0.25, 0.3) is 11.5 Å². The van der Waals surface area contributed by atoms with E-state index >= 15 is 0 Å². The molecule has 1 amide bonds. The Labute approximate surface area is 169 Å². The zero-order valence-electron chi connectivity index (χ0n) is 17.5. The minimum Gasteiger partial charge on any atom is -0.339 e. The minimum atomic E-state index is -0.224. The summed E-state index contributed by atoms with van der Waals surface area (Å²) in [6, 6.07) is 3.02. The van der Waals surface area contributed by atoms with Crippen LogP contribution in [0, 0.1) is 0 Å². The standard InChI is InChI=1S/C22H28N4O3/c1-21(2,3)20-23-17-15(18(28)24-20)7-8-22(17)9-11-26(12-10-22)19(29)14-5-6-16(27)25(4)13-14/h5-6,13H,7-12H2,1-4H3,(H,23,24,28). The van der Waals surface area contributed by atoms with Crippen LogP contribution in [0.25, 0.3) is 0 Å². The molecule has 0 unspecified atom stereocenters. The molecule has 7 nitrogen and oxygen atoms in total. The van der Waals surface area contributed by atoms with Gasteiger partial charge in [0.2, 0.25) is 5.56 Å². The predicted molar refractivity (Wildman–Crippen MR) is 110 cm³/mol. The van der Waals surface area contributed by atoms with Crippen LogP contribution < -0.4 is 11.1 Å². The van der Waals surface area contributed by atoms with Crippen LogP contribution in [0.1, 0.15) is 67.5 Å². The molecule has 154 valence electrons. The zero-order valence-corrected chi connectivity index (χ0v) is 17.5. The third kappa shape index (κ3) is 3.32. The molecule has 1 spiro atoms. The fourth-order valence-corrected chi connectivity index (χ4v) is 4.53. The van der Waals surface area contributed by atoms with Crippen LogP contribution in [0.5, 0.6) is 0 Å². The van der Waals surface area contributed by atoms with Gasteiger partial charge in [-0.25, -0.2) is 4.98 Å². The van der Waals surface area contributed by atoms with Gasteiger partial charge in [-0.1, -0.05) is 20.8 Å². The van der Waals surface area contributed by atoms with E-state index in [1.54, 1.807) is 19.3 Å². The quantitative estimate of drug-likeness (QED) is 0.797. The van der Waals surface area contributed by atoms with Gasteiger partial charge in [0.1, 0.15) is 5.82 Å². The summed E-state index contributed by atoms with van der Waals surface area (Å²) in [5, 5.41) is 0. The Bertz CT molecular complexity index is 1080. The first-order chi connectivity index (χ1) is 13.6. The molecule has 1 aliphatic heterocycles. The molecule has 1 aliphatic carbocycles. The van der Waals surface area contributed by atoms with Gasteiger partial charge in [0.15, 0.2) is 0 Å². The van der Waals surface area contributed by atoms with Gasteiger partial charge in [0.05, 0.1) is 11.3 Å². The lowest BCUT2D eigenvalue weighted by atomic mass is 9.76. The second-order valence-electron chi connectivity index (χ2n) is 9.43. The van der Waals surface area contributed by atoms with Crippen LogP contribution in [-0.2, 0) is 24.3 Å². The number of nitrogens with zero attached hydrogens (tertiary/aromatic N) is 3. The van der Waals surface area contributed by atoms with Crippen molar-refractivity contribution in [2.24, 2.45) is 7.05 Å². The summed E-state index contributed by atoms with van der Waals surface area (Å²) < 4.78 is 1.43. The molecular weight excluding hydrogens is 368 g/mol. The number of amides is 1. The van der Waals surface area contributed by atoms with E-state index in [0.29, 0.717) is 18.7 Å². The van der Waals surface area contributed by atoms with Crippen molar-refractivity contribution in [3.8, 4) is 0 Å². The number of piperidine rings is 1. The number of carbonyl (C=O) groups excluding carboxylic acids is 1. The van der Waals surface area contributed by atoms with Crippen LogP contribution in [0.4, 0.5) is 0 Å². The number of pyridine rings is 1. The van der Waals surface area contributed by atoms with Crippen LogP contribution in [0.3, 0.4) is 0 Å². The Balaban J connectivity index is 1.58. The molecule has 2 aliphatic rings. The Hall–Kier alpha value is -2.70. The number of hydrogen-bond donors (Lipinski definition) is 1. The number of aromatic amines is 1. The molecular formula is C22H28N4O3. The van der Waals surface area contributed by atoms with Crippen molar-refractivity contribution in [3.63, 3.8) is 0 Å². The van der Waals surface area contributed by atoms with Crippen molar-refractivity contribution in [2.75, 3.05) is 13.1 Å². The highest BCUT2D eigenvalue weighted by molar-refractivity contribution is 5.94. The Morgan fingerprint density at radius 3 is 2.45 bits per heavy atom. The van der Waals surface area contributed by atoms with Gasteiger partial charge in [-0.05, 0) is 31.7 Å². The number of carbonyl (C=O) groups is 1. The van der Waals surface area contributed by atoms with E-state index in [9.17, 15) is 14.4 Å². The van der Waals surface area contributed by atoms with E-state index in [0.717, 1.165) is 42.8 Å². The number of likely N-dealkylation sites (tertiary alicyclic amines) is 1. The lowest BCUT2D eigenvalue weighted by molar-refractivity contribution is 0.0662. The van der Waals surface area contributed by atoms with E-state index in [1.807, 2.05) is 25.7 Å². The fourth-order valence-electron chi connectivity index (χ4n) is 4.53. The molecule has 3 heterocycles. The summed E-state index contributed by atoms with van der Waals surface area (Å²) >= 11 is 0. The maximum absolute atomic E-state index is 12.9. The van der Waals surface area contributed by atoms with Gasteiger partial charge in [-0.3, -0.25) is 14.4 Å².